The van der Waals surface area contributed by atoms with Gasteiger partial charge < -0.3 is 19.8 Å². The molecule has 0 aromatic heterocycles. The van der Waals surface area contributed by atoms with Gasteiger partial charge in [-0.05, 0) is 26.2 Å². The Morgan fingerprint density at radius 2 is 2.13 bits per heavy atom. The Hall–Kier alpha value is -0.810. The predicted molar refractivity (Wildman–Crippen MR) is 54.4 cm³/mol. The van der Waals surface area contributed by atoms with E-state index in [-0.39, 0.29) is 6.04 Å². The summed E-state index contributed by atoms with van der Waals surface area (Å²) in [4.78, 5) is 12.9. The first kappa shape index (κ1) is 12.3. The second-order valence-corrected chi connectivity index (χ2v) is 3.96. The van der Waals surface area contributed by atoms with Crippen LogP contribution in [0, 0.1) is 0 Å². The summed E-state index contributed by atoms with van der Waals surface area (Å²) < 4.78 is 4.64. The largest absolute Gasteiger partial charge is 0.453 e. The van der Waals surface area contributed by atoms with Crippen molar-refractivity contribution in [2.24, 2.45) is 0 Å². The minimum atomic E-state index is -0.899. The molecule has 1 rings (SSSR count). The summed E-state index contributed by atoms with van der Waals surface area (Å²) in [6.45, 7) is 2.11. The number of aliphatic hydroxyl groups is 2. The molecule has 1 aliphatic rings. The topological polar surface area (TPSA) is 70.0 Å². The van der Waals surface area contributed by atoms with Gasteiger partial charge in [0.2, 0.25) is 0 Å². The van der Waals surface area contributed by atoms with Crippen LogP contribution < -0.4 is 0 Å². The van der Waals surface area contributed by atoms with E-state index in [4.69, 9.17) is 0 Å². The zero-order valence-corrected chi connectivity index (χ0v) is 9.22. The summed E-state index contributed by atoms with van der Waals surface area (Å²) in [7, 11) is 1.32. The molecule has 1 saturated heterocycles. The van der Waals surface area contributed by atoms with E-state index in [2.05, 4.69) is 4.74 Å². The van der Waals surface area contributed by atoms with Crippen LogP contribution >= 0.6 is 0 Å². The van der Waals surface area contributed by atoms with Crippen molar-refractivity contribution in [3.63, 3.8) is 0 Å². The summed E-state index contributed by atoms with van der Waals surface area (Å²) in [6, 6.07) is -0.328. The van der Waals surface area contributed by atoms with Gasteiger partial charge >= 0.3 is 6.09 Å². The number of methoxy groups -OCH3 is 1. The second-order valence-electron chi connectivity index (χ2n) is 3.96. The van der Waals surface area contributed by atoms with Crippen LogP contribution in [0.25, 0.3) is 0 Å². The molecule has 88 valence electrons. The van der Waals surface area contributed by atoms with Crippen molar-refractivity contribution < 1.29 is 19.7 Å². The average molecular weight is 217 g/mol. The molecule has 0 aromatic carbocycles. The van der Waals surface area contributed by atoms with Crippen molar-refractivity contribution >= 4 is 6.09 Å². The molecule has 0 saturated carbocycles. The van der Waals surface area contributed by atoms with Crippen LogP contribution in [0.3, 0.4) is 0 Å². The molecule has 1 amide bonds. The number of ether oxygens (including phenoxy) is 1. The summed E-state index contributed by atoms with van der Waals surface area (Å²) in [6.07, 6.45) is 0.422. The fraction of sp³-hybridized carbons (Fsp3) is 0.900. The van der Waals surface area contributed by atoms with Gasteiger partial charge in [0.15, 0.2) is 0 Å². The second kappa shape index (κ2) is 5.32. The van der Waals surface area contributed by atoms with Gasteiger partial charge in [-0.15, -0.1) is 0 Å². The number of hydrogen-bond donors (Lipinski definition) is 2. The van der Waals surface area contributed by atoms with E-state index in [0.29, 0.717) is 13.0 Å². The average Bonchev–Trinajstić information content (AvgIpc) is 2.27. The quantitative estimate of drug-likeness (QED) is 0.700. The number of likely N-dealkylation sites (tertiary alicyclic amines) is 1. The Labute approximate surface area is 89.6 Å². The van der Waals surface area contributed by atoms with Gasteiger partial charge in [0, 0.05) is 6.54 Å². The standard InChI is InChI=1S/C10H19NO4/c1-7(12)9(13)8-5-3-4-6-11(8)10(14)15-2/h7-9,12-13H,3-6H2,1-2H3. The van der Waals surface area contributed by atoms with Crippen molar-refractivity contribution in [3.8, 4) is 0 Å². The fourth-order valence-corrected chi connectivity index (χ4v) is 1.98. The highest BCUT2D eigenvalue weighted by Crippen LogP contribution is 2.22. The zero-order chi connectivity index (χ0) is 11.4. The summed E-state index contributed by atoms with van der Waals surface area (Å²) in [5, 5.41) is 19.1. The van der Waals surface area contributed by atoms with Crippen LogP contribution in [0.4, 0.5) is 4.79 Å². The van der Waals surface area contributed by atoms with Gasteiger partial charge in [0.25, 0.3) is 0 Å². The monoisotopic (exact) mass is 217 g/mol. The third-order valence-corrected chi connectivity index (χ3v) is 2.85. The third-order valence-electron chi connectivity index (χ3n) is 2.85. The van der Waals surface area contributed by atoms with E-state index in [1.807, 2.05) is 0 Å². The highest BCUT2D eigenvalue weighted by molar-refractivity contribution is 5.68. The molecule has 0 radical (unpaired) electrons. The molecule has 2 N–H and O–H groups in total. The van der Waals surface area contributed by atoms with Crippen molar-refractivity contribution in [1.82, 2.24) is 4.90 Å². The van der Waals surface area contributed by atoms with Crippen molar-refractivity contribution in [3.05, 3.63) is 0 Å². The Kier molecular flexibility index (Phi) is 4.35. The molecule has 1 fully saturated rings. The lowest BCUT2D eigenvalue weighted by atomic mass is 9.95. The summed E-state index contributed by atoms with van der Waals surface area (Å²) >= 11 is 0. The SMILES string of the molecule is COC(=O)N1CCCCC1C(O)C(C)O. The number of amides is 1. The molecule has 1 heterocycles. The Bertz CT molecular complexity index is 219. The first-order valence-corrected chi connectivity index (χ1v) is 5.28. The minimum Gasteiger partial charge on any atom is -0.453 e. The Morgan fingerprint density at radius 1 is 1.47 bits per heavy atom. The first-order valence-electron chi connectivity index (χ1n) is 5.28. The first-order chi connectivity index (χ1) is 7.07. The fourth-order valence-electron chi connectivity index (χ4n) is 1.98. The molecule has 0 aliphatic carbocycles. The number of hydrogen-bond acceptors (Lipinski definition) is 4. The van der Waals surface area contributed by atoms with Gasteiger partial charge in [0.05, 0.1) is 19.3 Å². The summed E-state index contributed by atoms with van der Waals surface area (Å²) in [5.74, 6) is 0. The van der Waals surface area contributed by atoms with Crippen molar-refractivity contribution in [2.75, 3.05) is 13.7 Å². The number of nitrogens with zero attached hydrogens (tertiary/aromatic N) is 1. The van der Waals surface area contributed by atoms with Crippen LogP contribution in [0.15, 0.2) is 0 Å². The zero-order valence-electron chi connectivity index (χ0n) is 9.22. The number of piperidine rings is 1. The molecule has 5 heteroatoms. The lowest BCUT2D eigenvalue weighted by Gasteiger charge is -2.38. The van der Waals surface area contributed by atoms with Crippen molar-refractivity contribution in [2.45, 2.75) is 44.4 Å². The molecule has 0 aromatic rings. The number of rotatable bonds is 2. The smallest absolute Gasteiger partial charge is 0.409 e. The number of carbonyl (C=O) groups excluding carboxylic acids is 1. The molecule has 0 bridgehead atoms. The van der Waals surface area contributed by atoms with Crippen LogP contribution in [-0.4, -0.2) is 53.1 Å². The van der Waals surface area contributed by atoms with E-state index >= 15 is 0 Å². The van der Waals surface area contributed by atoms with Crippen LogP contribution in [0.5, 0.6) is 0 Å². The molecular formula is C10H19NO4. The van der Waals surface area contributed by atoms with Gasteiger partial charge in [-0.1, -0.05) is 0 Å². The van der Waals surface area contributed by atoms with Gasteiger partial charge in [-0.25, -0.2) is 4.79 Å². The predicted octanol–water partition coefficient (Wildman–Crippen LogP) is 0.349. The van der Waals surface area contributed by atoms with Gasteiger partial charge in [-0.2, -0.15) is 0 Å². The molecule has 5 nitrogen and oxygen atoms in total. The van der Waals surface area contributed by atoms with E-state index in [1.54, 1.807) is 0 Å². The van der Waals surface area contributed by atoms with Crippen molar-refractivity contribution in [1.29, 1.82) is 0 Å². The third kappa shape index (κ3) is 2.82. The molecule has 0 spiro atoms. The molecule has 3 unspecified atom stereocenters. The molecule has 3 atom stereocenters. The summed E-state index contributed by atoms with van der Waals surface area (Å²) in [5.41, 5.74) is 0. The van der Waals surface area contributed by atoms with E-state index in [9.17, 15) is 15.0 Å². The Balaban J connectivity index is 2.69. The molecule has 1 aliphatic heterocycles. The van der Waals surface area contributed by atoms with E-state index in [0.717, 1.165) is 12.8 Å². The normalized spacial score (nSPS) is 25.9. The van der Waals surface area contributed by atoms with Gasteiger partial charge in [-0.3, -0.25) is 0 Å². The molecular weight excluding hydrogens is 198 g/mol. The highest BCUT2D eigenvalue weighted by Gasteiger charge is 2.34. The number of carbonyl (C=O) groups is 1. The van der Waals surface area contributed by atoms with Crippen LogP contribution in [-0.2, 0) is 4.74 Å². The minimum absolute atomic E-state index is 0.328. The number of aliphatic hydroxyl groups excluding tert-OH is 2. The lowest BCUT2D eigenvalue weighted by molar-refractivity contribution is -0.0382. The van der Waals surface area contributed by atoms with E-state index < -0.39 is 18.3 Å². The molecule has 15 heavy (non-hydrogen) atoms. The maximum Gasteiger partial charge on any atom is 0.409 e. The van der Waals surface area contributed by atoms with Gasteiger partial charge in [0.1, 0.15) is 6.10 Å². The maximum absolute atomic E-state index is 11.4. The Morgan fingerprint density at radius 3 is 2.67 bits per heavy atom. The van der Waals surface area contributed by atoms with E-state index in [1.165, 1.54) is 18.9 Å². The van der Waals surface area contributed by atoms with Crippen LogP contribution in [0.2, 0.25) is 0 Å². The van der Waals surface area contributed by atoms with Crippen LogP contribution in [0.1, 0.15) is 26.2 Å². The highest BCUT2D eigenvalue weighted by atomic mass is 16.5. The maximum atomic E-state index is 11.4. The lowest BCUT2D eigenvalue weighted by Crippen LogP contribution is -2.52.